The van der Waals surface area contributed by atoms with Crippen molar-refractivity contribution in [1.82, 2.24) is 0 Å². The molecule has 7 nitrogen and oxygen atoms in total. The highest BCUT2D eigenvalue weighted by Gasteiger charge is 2.11. The number of hydrogen-bond acceptors (Lipinski definition) is 5. The predicted octanol–water partition coefficient (Wildman–Crippen LogP) is 5.54. The van der Waals surface area contributed by atoms with Crippen LogP contribution in [0.15, 0.2) is 71.6 Å². The summed E-state index contributed by atoms with van der Waals surface area (Å²) in [5.74, 6) is -0.381. The van der Waals surface area contributed by atoms with Gasteiger partial charge in [-0.1, -0.05) is 23.7 Å². The van der Waals surface area contributed by atoms with Crippen LogP contribution in [-0.2, 0) is 4.79 Å². The molecule has 0 aliphatic heterocycles. The van der Waals surface area contributed by atoms with Gasteiger partial charge in [0.2, 0.25) is 5.91 Å². The molecule has 0 radical (unpaired) electrons. The number of nitro groups is 1. The molecule has 9 heteroatoms. The third-order valence-electron chi connectivity index (χ3n) is 4.24. The van der Waals surface area contributed by atoms with Crippen molar-refractivity contribution in [1.29, 1.82) is 0 Å². The van der Waals surface area contributed by atoms with Crippen molar-refractivity contribution in [3.05, 3.63) is 93.0 Å². The lowest BCUT2D eigenvalue weighted by atomic mass is 10.2. The fourth-order valence-electron chi connectivity index (χ4n) is 2.73. The van der Waals surface area contributed by atoms with Crippen LogP contribution in [0.1, 0.15) is 15.9 Å². The number of amides is 2. The van der Waals surface area contributed by atoms with Crippen molar-refractivity contribution in [2.45, 2.75) is 11.8 Å². The average molecular weight is 456 g/mol. The van der Waals surface area contributed by atoms with Crippen LogP contribution in [-0.4, -0.2) is 22.5 Å². The Kier molecular flexibility index (Phi) is 7.28. The molecule has 0 heterocycles. The van der Waals surface area contributed by atoms with Gasteiger partial charge in [0.1, 0.15) is 0 Å². The van der Waals surface area contributed by atoms with E-state index in [-0.39, 0.29) is 23.3 Å². The maximum absolute atomic E-state index is 12.4. The largest absolute Gasteiger partial charge is 0.325 e. The molecule has 0 fully saturated rings. The minimum atomic E-state index is -0.480. The summed E-state index contributed by atoms with van der Waals surface area (Å²) in [6.45, 7) is 1.70. The Bertz CT molecular complexity index is 1150. The number of thioether (sulfide) groups is 1. The van der Waals surface area contributed by atoms with E-state index in [2.05, 4.69) is 10.6 Å². The standard InChI is InChI=1S/C22H18ClN3O4S/c1-14-10-18(26(29)30)8-9-20(14)25-21(27)13-31-19-7-3-6-17(12-19)24-22(28)15-4-2-5-16(23)11-15/h2-12H,13H2,1H3,(H,24,28)(H,25,27). The maximum atomic E-state index is 12.4. The summed E-state index contributed by atoms with van der Waals surface area (Å²) in [6.07, 6.45) is 0. The van der Waals surface area contributed by atoms with E-state index in [1.807, 2.05) is 6.07 Å². The monoisotopic (exact) mass is 455 g/mol. The first kappa shape index (κ1) is 22.3. The zero-order valence-corrected chi connectivity index (χ0v) is 18.0. The number of nitro benzene ring substituents is 1. The number of carbonyl (C=O) groups is 2. The summed E-state index contributed by atoms with van der Waals surface area (Å²) in [4.78, 5) is 35.8. The van der Waals surface area contributed by atoms with Gasteiger partial charge in [0, 0.05) is 39.0 Å². The van der Waals surface area contributed by atoms with Crippen LogP contribution in [0, 0.1) is 17.0 Å². The normalized spacial score (nSPS) is 10.4. The van der Waals surface area contributed by atoms with Gasteiger partial charge >= 0.3 is 0 Å². The number of hydrogen-bond donors (Lipinski definition) is 2. The van der Waals surface area contributed by atoms with Gasteiger partial charge in [-0.3, -0.25) is 19.7 Å². The predicted molar refractivity (Wildman–Crippen MR) is 123 cm³/mol. The molecule has 3 rings (SSSR count). The number of nitrogens with one attached hydrogen (secondary N) is 2. The third-order valence-corrected chi connectivity index (χ3v) is 5.47. The van der Waals surface area contributed by atoms with Gasteiger partial charge in [0.05, 0.1) is 10.7 Å². The lowest BCUT2D eigenvalue weighted by molar-refractivity contribution is -0.384. The van der Waals surface area contributed by atoms with E-state index in [1.54, 1.807) is 49.4 Å². The van der Waals surface area contributed by atoms with Crippen molar-refractivity contribution < 1.29 is 14.5 Å². The van der Waals surface area contributed by atoms with Crippen molar-refractivity contribution in [3.63, 3.8) is 0 Å². The molecule has 0 unspecified atom stereocenters. The third kappa shape index (κ3) is 6.31. The average Bonchev–Trinajstić information content (AvgIpc) is 2.74. The molecule has 0 saturated carbocycles. The summed E-state index contributed by atoms with van der Waals surface area (Å²) >= 11 is 7.23. The smallest absolute Gasteiger partial charge is 0.269 e. The van der Waals surface area contributed by atoms with Gasteiger partial charge in [-0.25, -0.2) is 0 Å². The molecule has 0 atom stereocenters. The second-order valence-electron chi connectivity index (χ2n) is 6.59. The molecule has 3 aromatic rings. The molecule has 0 aromatic heterocycles. The van der Waals surface area contributed by atoms with Crippen molar-refractivity contribution in [2.24, 2.45) is 0 Å². The van der Waals surface area contributed by atoms with Crippen molar-refractivity contribution in [3.8, 4) is 0 Å². The van der Waals surface area contributed by atoms with E-state index in [9.17, 15) is 19.7 Å². The summed E-state index contributed by atoms with van der Waals surface area (Å²) in [5, 5.41) is 16.9. The Hall–Kier alpha value is -3.36. The molecule has 158 valence electrons. The van der Waals surface area contributed by atoms with E-state index in [0.717, 1.165) is 4.90 Å². The number of rotatable bonds is 7. The molecule has 0 aliphatic carbocycles. The minimum absolute atomic E-state index is 0.0264. The molecular weight excluding hydrogens is 438 g/mol. The number of nitrogens with zero attached hydrogens (tertiary/aromatic N) is 1. The van der Waals surface area contributed by atoms with Gasteiger partial charge < -0.3 is 10.6 Å². The first-order valence-corrected chi connectivity index (χ1v) is 10.5. The summed E-state index contributed by atoms with van der Waals surface area (Å²) in [6, 6.07) is 18.1. The number of aryl methyl sites for hydroxylation is 1. The SMILES string of the molecule is Cc1cc([N+](=O)[O-])ccc1NC(=O)CSc1cccc(NC(=O)c2cccc(Cl)c2)c1. The molecule has 2 amide bonds. The number of halogens is 1. The fraction of sp³-hybridized carbons (Fsp3) is 0.0909. The lowest BCUT2D eigenvalue weighted by Crippen LogP contribution is -2.15. The maximum Gasteiger partial charge on any atom is 0.269 e. The highest BCUT2D eigenvalue weighted by Crippen LogP contribution is 2.24. The van der Waals surface area contributed by atoms with E-state index in [0.29, 0.717) is 27.5 Å². The van der Waals surface area contributed by atoms with E-state index in [4.69, 9.17) is 11.6 Å². The van der Waals surface area contributed by atoms with Gasteiger partial charge in [-0.2, -0.15) is 0 Å². The van der Waals surface area contributed by atoms with Crippen molar-refractivity contribution in [2.75, 3.05) is 16.4 Å². The fourth-order valence-corrected chi connectivity index (χ4v) is 3.68. The quantitative estimate of drug-likeness (QED) is 0.276. The molecule has 0 bridgehead atoms. The second-order valence-corrected chi connectivity index (χ2v) is 8.07. The molecule has 0 saturated heterocycles. The molecule has 31 heavy (non-hydrogen) atoms. The summed E-state index contributed by atoms with van der Waals surface area (Å²) in [7, 11) is 0. The summed E-state index contributed by atoms with van der Waals surface area (Å²) < 4.78 is 0. The highest BCUT2D eigenvalue weighted by atomic mass is 35.5. The molecule has 0 spiro atoms. The number of anilines is 2. The first-order chi connectivity index (χ1) is 14.8. The Morgan fingerprint density at radius 2 is 1.81 bits per heavy atom. The molecular formula is C22H18ClN3O4S. The number of carbonyl (C=O) groups excluding carboxylic acids is 2. The minimum Gasteiger partial charge on any atom is -0.325 e. The molecule has 3 aromatic carbocycles. The Morgan fingerprint density at radius 1 is 1.03 bits per heavy atom. The first-order valence-electron chi connectivity index (χ1n) is 9.16. The van der Waals surface area contributed by atoms with Crippen LogP contribution >= 0.6 is 23.4 Å². The second kappa shape index (κ2) is 10.1. The highest BCUT2D eigenvalue weighted by molar-refractivity contribution is 8.00. The van der Waals surface area contributed by atoms with Crippen LogP contribution in [0.4, 0.5) is 17.1 Å². The molecule has 2 N–H and O–H groups in total. The van der Waals surface area contributed by atoms with Crippen LogP contribution in [0.2, 0.25) is 5.02 Å². The van der Waals surface area contributed by atoms with E-state index < -0.39 is 4.92 Å². The lowest BCUT2D eigenvalue weighted by Gasteiger charge is -2.09. The van der Waals surface area contributed by atoms with Gasteiger partial charge in [0.15, 0.2) is 0 Å². The van der Waals surface area contributed by atoms with Crippen LogP contribution in [0.25, 0.3) is 0 Å². The van der Waals surface area contributed by atoms with E-state index in [1.165, 1.54) is 30.0 Å². The topological polar surface area (TPSA) is 101 Å². The van der Waals surface area contributed by atoms with Crippen LogP contribution in [0.3, 0.4) is 0 Å². The number of benzene rings is 3. The molecule has 0 aliphatic rings. The summed E-state index contributed by atoms with van der Waals surface area (Å²) in [5.41, 5.74) is 2.16. The van der Waals surface area contributed by atoms with Crippen molar-refractivity contribution >= 4 is 52.2 Å². The van der Waals surface area contributed by atoms with Gasteiger partial charge in [0.25, 0.3) is 11.6 Å². The van der Waals surface area contributed by atoms with Crippen LogP contribution < -0.4 is 10.6 Å². The Morgan fingerprint density at radius 3 is 2.52 bits per heavy atom. The van der Waals surface area contributed by atoms with E-state index >= 15 is 0 Å². The zero-order valence-electron chi connectivity index (χ0n) is 16.4. The Labute approximate surface area is 188 Å². The van der Waals surface area contributed by atoms with Crippen LogP contribution in [0.5, 0.6) is 0 Å². The Balaban J connectivity index is 1.58. The number of non-ortho nitro benzene ring substituents is 1. The van der Waals surface area contributed by atoms with Gasteiger partial charge in [-0.15, -0.1) is 11.8 Å². The van der Waals surface area contributed by atoms with Gasteiger partial charge in [-0.05, 0) is 55.0 Å². The zero-order chi connectivity index (χ0) is 22.4.